The average Bonchev–Trinajstić information content (AvgIpc) is 2.18. The third-order valence-corrected chi connectivity index (χ3v) is 2.50. The number of nitrogens with zero attached hydrogens (tertiary/aromatic N) is 1. The monoisotopic (exact) mass is 349 g/mol. The van der Waals surface area contributed by atoms with Crippen molar-refractivity contribution in [2.24, 2.45) is 0 Å². The summed E-state index contributed by atoms with van der Waals surface area (Å²) in [5.41, 5.74) is 0.0978. The van der Waals surface area contributed by atoms with E-state index in [9.17, 15) is 13.2 Å². The first-order valence-corrected chi connectivity index (χ1v) is 5.05. The Labute approximate surface area is 103 Å². The second kappa shape index (κ2) is 5.04. The number of aliphatic hydroxyl groups is 1. The molecule has 16 heavy (non-hydrogen) atoms. The van der Waals surface area contributed by atoms with E-state index in [1.165, 1.54) is 13.2 Å². The summed E-state index contributed by atoms with van der Waals surface area (Å²) < 4.78 is 44.9. The predicted octanol–water partition coefficient (Wildman–Crippen LogP) is 2.09. The number of aliphatic hydroxyl groups excluding tert-OH is 1. The third-order valence-electron chi connectivity index (χ3n) is 1.56. The Hall–Kier alpha value is -0.770. The van der Waals surface area contributed by atoms with Gasteiger partial charge >= 0.3 is 6.36 Å². The lowest BCUT2D eigenvalue weighted by Crippen LogP contribution is -2.19. The molecule has 1 heterocycles. The molecule has 1 aromatic heterocycles. The van der Waals surface area contributed by atoms with Crippen LogP contribution in [0, 0.1) is 3.57 Å². The van der Waals surface area contributed by atoms with Crippen LogP contribution in [0.5, 0.6) is 11.6 Å². The van der Waals surface area contributed by atoms with Gasteiger partial charge in [0.1, 0.15) is 0 Å². The molecule has 0 atom stereocenters. The summed E-state index contributed by atoms with van der Waals surface area (Å²) in [5, 5.41) is 8.86. The summed E-state index contributed by atoms with van der Waals surface area (Å²) in [5.74, 6) is -0.849. The number of ether oxygens (including phenoxy) is 2. The van der Waals surface area contributed by atoms with Crippen molar-refractivity contribution in [1.82, 2.24) is 4.98 Å². The molecule has 90 valence electrons. The van der Waals surface area contributed by atoms with Crippen molar-refractivity contribution in [1.29, 1.82) is 0 Å². The van der Waals surface area contributed by atoms with E-state index in [-0.39, 0.29) is 11.4 Å². The second-order valence-electron chi connectivity index (χ2n) is 2.63. The van der Waals surface area contributed by atoms with Gasteiger partial charge in [-0.05, 0) is 22.6 Å². The maximum atomic E-state index is 12.0. The molecule has 0 aliphatic heterocycles. The van der Waals surface area contributed by atoms with Crippen LogP contribution < -0.4 is 9.47 Å². The molecule has 1 rings (SSSR count). The topological polar surface area (TPSA) is 51.6 Å². The SMILES string of the molecule is COc1cc(I)c(CO)nc1OC(F)(F)F. The molecule has 0 unspecified atom stereocenters. The van der Waals surface area contributed by atoms with Gasteiger partial charge in [0.25, 0.3) is 5.88 Å². The minimum atomic E-state index is -4.85. The van der Waals surface area contributed by atoms with Crippen LogP contribution in [0.1, 0.15) is 5.69 Å². The molecular formula is C8H7F3INO3. The van der Waals surface area contributed by atoms with E-state index in [0.717, 1.165) is 0 Å². The van der Waals surface area contributed by atoms with Crippen LogP contribution in [-0.2, 0) is 6.61 Å². The van der Waals surface area contributed by atoms with Crippen LogP contribution in [0.4, 0.5) is 13.2 Å². The van der Waals surface area contributed by atoms with Crippen LogP contribution in [0.2, 0.25) is 0 Å². The number of alkyl halides is 3. The van der Waals surface area contributed by atoms with Crippen molar-refractivity contribution in [3.8, 4) is 11.6 Å². The highest BCUT2D eigenvalue weighted by Crippen LogP contribution is 2.32. The lowest BCUT2D eigenvalue weighted by atomic mass is 10.3. The van der Waals surface area contributed by atoms with Crippen LogP contribution in [-0.4, -0.2) is 23.6 Å². The Bertz CT molecular complexity index is 384. The van der Waals surface area contributed by atoms with Crippen LogP contribution in [0.3, 0.4) is 0 Å². The number of hydrogen-bond acceptors (Lipinski definition) is 4. The first-order chi connectivity index (χ1) is 7.37. The van der Waals surface area contributed by atoms with Gasteiger partial charge in [0.15, 0.2) is 5.75 Å². The highest BCUT2D eigenvalue weighted by atomic mass is 127. The highest BCUT2D eigenvalue weighted by Gasteiger charge is 2.33. The summed E-state index contributed by atoms with van der Waals surface area (Å²) in [6.45, 7) is -0.476. The number of halogens is 4. The van der Waals surface area contributed by atoms with E-state index < -0.39 is 18.8 Å². The Morgan fingerprint density at radius 3 is 2.56 bits per heavy atom. The quantitative estimate of drug-likeness (QED) is 0.850. The van der Waals surface area contributed by atoms with Crippen molar-refractivity contribution in [3.63, 3.8) is 0 Å². The number of aromatic nitrogens is 1. The number of methoxy groups -OCH3 is 1. The van der Waals surface area contributed by atoms with Crippen molar-refractivity contribution >= 4 is 22.6 Å². The molecular weight excluding hydrogens is 342 g/mol. The van der Waals surface area contributed by atoms with Gasteiger partial charge in [0.2, 0.25) is 0 Å². The fraction of sp³-hybridized carbons (Fsp3) is 0.375. The zero-order valence-corrected chi connectivity index (χ0v) is 10.2. The van der Waals surface area contributed by atoms with Gasteiger partial charge < -0.3 is 14.6 Å². The molecule has 0 amide bonds. The van der Waals surface area contributed by atoms with Crippen molar-refractivity contribution in [3.05, 3.63) is 15.3 Å². The lowest BCUT2D eigenvalue weighted by molar-refractivity contribution is -0.276. The lowest BCUT2D eigenvalue weighted by Gasteiger charge is -2.13. The Morgan fingerprint density at radius 2 is 2.12 bits per heavy atom. The van der Waals surface area contributed by atoms with Crippen LogP contribution in [0.25, 0.3) is 0 Å². The summed E-state index contributed by atoms with van der Waals surface area (Å²) in [4.78, 5) is 3.52. The van der Waals surface area contributed by atoms with Crippen molar-refractivity contribution in [2.75, 3.05) is 7.11 Å². The maximum Gasteiger partial charge on any atom is 0.574 e. The van der Waals surface area contributed by atoms with Gasteiger partial charge in [-0.3, -0.25) is 0 Å². The summed E-state index contributed by atoms with van der Waals surface area (Å²) in [6, 6.07) is 1.31. The normalized spacial score (nSPS) is 11.4. The minimum Gasteiger partial charge on any atom is -0.491 e. The second-order valence-corrected chi connectivity index (χ2v) is 3.79. The van der Waals surface area contributed by atoms with Gasteiger partial charge in [-0.1, -0.05) is 0 Å². The maximum absolute atomic E-state index is 12.0. The third kappa shape index (κ3) is 3.37. The average molecular weight is 349 g/mol. The molecule has 0 radical (unpaired) electrons. The molecule has 0 saturated carbocycles. The van der Waals surface area contributed by atoms with Gasteiger partial charge in [-0.25, -0.2) is 4.98 Å². The van der Waals surface area contributed by atoms with Crippen molar-refractivity contribution < 1.29 is 27.8 Å². The van der Waals surface area contributed by atoms with E-state index in [1.807, 2.05) is 22.6 Å². The highest BCUT2D eigenvalue weighted by molar-refractivity contribution is 14.1. The molecule has 1 aromatic rings. The number of hydrogen-bond donors (Lipinski definition) is 1. The zero-order chi connectivity index (χ0) is 12.3. The first-order valence-electron chi connectivity index (χ1n) is 3.97. The molecule has 0 aliphatic rings. The van der Waals surface area contributed by atoms with Gasteiger partial charge in [-0.2, -0.15) is 0 Å². The minimum absolute atomic E-state index is 0.0978. The molecule has 0 spiro atoms. The molecule has 0 bridgehead atoms. The summed E-state index contributed by atoms with van der Waals surface area (Å²) in [6.07, 6.45) is -4.85. The standard InChI is InChI=1S/C8H7F3INO3/c1-15-6-2-4(12)5(3-14)13-7(6)16-8(9,10)11/h2,14H,3H2,1H3. The molecule has 0 aromatic carbocycles. The predicted molar refractivity (Wildman–Crippen MR) is 56.1 cm³/mol. The first kappa shape index (κ1) is 13.3. The number of rotatable bonds is 3. The molecule has 4 nitrogen and oxygen atoms in total. The van der Waals surface area contributed by atoms with Gasteiger partial charge in [0.05, 0.1) is 19.4 Å². The summed E-state index contributed by atoms with van der Waals surface area (Å²) in [7, 11) is 1.20. The van der Waals surface area contributed by atoms with Gasteiger partial charge in [0, 0.05) is 9.64 Å². The van der Waals surface area contributed by atoms with E-state index in [2.05, 4.69) is 9.72 Å². The molecule has 1 N–H and O–H groups in total. The Morgan fingerprint density at radius 1 is 1.50 bits per heavy atom. The smallest absolute Gasteiger partial charge is 0.491 e. The van der Waals surface area contributed by atoms with E-state index in [1.54, 1.807) is 0 Å². The van der Waals surface area contributed by atoms with E-state index in [0.29, 0.717) is 3.57 Å². The molecule has 8 heteroatoms. The Kier molecular flexibility index (Phi) is 4.19. The van der Waals surface area contributed by atoms with Gasteiger partial charge in [-0.15, -0.1) is 13.2 Å². The number of pyridine rings is 1. The van der Waals surface area contributed by atoms with E-state index in [4.69, 9.17) is 9.84 Å². The van der Waals surface area contributed by atoms with Crippen molar-refractivity contribution in [2.45, 2.75) is 13.0 Å². The van der Waals surface area contributed by atoms with E-state index >= 15 is 0 Å². The van der Waals surface area contributed by atoms with Crippen LogP contribution in [0.15, 0.2) is 6.07 Å². The molecule has 0 aliphatic carbocycles. The molecule has 0 fully saturated rings. The summed E-state index contributed by atoms with van der Waals surface area (Å²) >= 11 is 1.82. The fourth-order valence-corrected chi connectivity index (χ4v) is 1.51. The van der Waals surface area contributed by atoms with Crippen LogP contribution >= 0.6 is 22.6 Å². The fourth-order valence-electron chi connectivity index (χ4n) is 0.931. The zero-order valence-electron chi connectivity index (χ0n) is 8.01. The molecule has 0 saturated heterocycles. The largest absolute Gasteiger partial charge is 0.574 e. The Balaban J connectivity index is 3.15.